The van der Waals surface area contributed by atoms with Crippen LogP contribution in [0.1, 0.15) is 31.5 Å². The highest BCUT2D eigenvalue weighted by Gasteiger charge is 2.26. The maximum Gasteiger partial charge on any atom is 0.151 e. The monoisotopic (exact) mass is 272 g/mol. The van der Waals surface area contributed by atoms with Gasteiger partial charge in [-0.1, -0.05) is 5.21 Å². The predicted molar refractivity (Wildman–Crippen MR) is 62.8 cm³/mol. The van der Waals surface area contributed by atoms with Crippen LogP contribution in [0.15, 0.2) is 4.60 Å². The zero-order chi connectivity index (χ0) is 11.0. The molecular weight excluding hydrogens is 256 g/mol. The minimum atomic E-state index is 0.509. The smallest absolute Gasteiger partial charge is 0.151 e. The molecule has 4 nitrogen and oxygen atoms in total. The first-order valence-corrected chi connectivity index (χ1v) is 6.16. The molecule has 0 aromatic carbocycles. The summed E-state index contributed by atoms with van der Waals surface area (Å²) < 4.78 is 2.93. The van der Waals surface area contributed by atoms with Gasteiger partial charge in [-0.2, -0.15) is 0 Å². The molecule has 5 heteroatoms. The fourth-order valence-corrected chi connectivity index (χ4v) is 2.41. The van der Waals surface area contributed by atoms with Gasteiger partial charge in [0.05, 0.1) is 11.7 Å². The lowest BCUT2D eigenvalue weighted by molar-refractivity contribution is 0.148. The molecule has 1 aliphatic rings. The molecule has 1 fully saturated rings. The van der Waals surface area contributed by atoms with E-state index in [4.69, 9.17) is 0 Å². The Morgan fingerprint density at radius 1 is 1.47 bits per heavy atom. The third kappa shape index (κ3) is 2.08. The van der Waals surface area contributed by atoms with Crippen molar-refractivity contribution in [2.45, 2.75) is 38.8 Å². The summed E-state index contributed by atoms with van der Waals surface area (Å²) in [7, 11) is 2.19. The van der Waals surface area contributed by atoms with E-state index in [1.807, 2.05) is 0 Å². The molecule has 1 saturated heterocycles. The van der Waals surface area contributed by atoms with Crippen molar-refractivity contribution in [2.24, 2.45) is 0 Å². The van der Waals surface area contributed by atoms with Gasteiger partial charge in [0.2, 0.25) is 0 Å². The Balaban J connectivity index is 2.15. The van der Waals surface area contributed by atoms with Crippen molar-refractivity contribution in [1.29, 1.82) is 0 Å². The predicted octanol–water partition coefficient (Wildman–Crippen LogP) is 2.00. The van der Waals surface area contributed by atoms with Gasteiger partial charge in [-0.05, 0) is 49.7 Å². The van der Waals surface area contributed by atoms with Gasteiger partial charge in [0.25, 0.3) is 0 Å². The van der Waals surface area contributed by atoms with Crippen molar-refractivity contribution in [3.05, 3.63) is 10.3 Å². The van der Waals surface area contributed by atoms with Crippen LogP contribution in [0.3, 0.4) is 0 Å². The summed E-state index contributed by atoms with van der Waals surface area (Å²) in [6.45, 7) is 5.48. The lowest BCUT2D eigenvalue weighted by atomic mass is 9.99. The number of aromatic nitrogens is 3. The quantitative estimate of drug-likeness (QED) is 0.785. The minimum Gasteiger partial charge on any atom is -0.304 e. The Morgan fingerprint density at radius 3 is 2.73 bits per heavy atom. The van der Waals surface area contributed by atoms with Gasteiger partial charge < -0.3 is 4.90 Å². The Hall–Kier alpha value is -0.420. The van der Waals surface area contributed by atoms with E-state index in [1.165, 1.54) is 0 Å². The van der Waals surface area contributed by atoms with E-state index in [9.17, 15) is 0 Å². The van der Waals surface area contributed by atoms with Gasteiger partial charge in [-0.25, -0.2) is 4.68 Å². The van der Waals surface area contributed by atoms with Crippen LogP contribution < -0.4 is 0 Å². The molecule has 84 valence electrons. The number of halogens is 1. The standard InChI is InChI=1S/C10H17BrN4/c1-7-6-9(4-5-14(7)3)15-8(2)10(11)12-13-15/h7,9H,4-6H2,1-3H3. The average Bonchev–Trinajstić information content (AvgIpc) is 2.53. The summed E-state index contributed by atoms with van der Waals surface area (Å²) in [5.74, 6) is 0. The largest absolute Gasteiger partial charge is 0.304 e. The van der Waals surface area contributed by atoms with Crippen molar-refractivity contribution in [1.82, 2.24) is 19.9 Å². The highest BCUT2D eigenvalue weighted by atomic mass is 79.9. The molecule has 1 aromatic rings. The number of hydrogen-bond donors (Lipinski definition) is 0. The van der Waals surface area contributed by atoms with Crippen LogP contribution in [0, 0.1) is 6.92 Å². The molecule has 0 saturated carbocycles. The summed E-state index contributed by atoms with van der Waals surface area (Å²) in [5.41, 5.74) is 1.14. The van der Waals surface area contributed by atoms with Crippen LogP contribution in [-0.4, -0.2) is 39.5 Å². The van der Waals surface area contributed by atoms with Crippen LogP contribution in [-0.2, 0) is 0 Å². The van der Waals surface area contributed by atoms with Gasteiger partial charge >= 0.3 is 0 Å². The zero-order valence-corrected chi connectivity index (χ0v) is 11.0. The minimum absolute atomic E-state index is 0.509. The second-order valence-electron chi connectivity index (χ2n) is 4.42. The molecule has 0 bridgehead atoms. The molecule has 0 radical (unpaired) electrons. The summed E-state index contributed by atoms with van der Waals surface area (Å²) in [5, 5.41) is 8.25. The van der Waals surface area contributed by atoms with Crippen molar-refractivity contribution < 1.29 is 0 Å². The first-order chi connectivity index (χ1) is 7.09. The average molecular weight is 273 g/mol. The Kier molecular flexibility index (Phi) is 3.11. The van der Waals surface area contributed by atoms with Crippen molar-refractivity contribution in [3.8, 4) is 0 Å². The first-order valence-electron chi connectivity index (χ1n) is 5.37. The molecule has 1 aromatic heterocycles. The number of piperidine rings is 1. The van der Waals surface area contributed by atoms with Gasteiger partial charge in [-0.3, -0.25) is 0 Å². The number of rotatable bonds is 1. The normalized spacial score (nSPS) is 28.3. The lowest BCUT2D eigenvalue weighted by Crippen LogP contribution is -2.38. The summed E-state index contributed by atoms with van der Waals surface area (Å²) in [4.78, 5) is 2.40. The van der Waals surface area contributed by atoms with Crippen molar-refractivity contribution >= 4 is 15.9 Å². The highest BCUT2D eigenvalue weighted by Crippen LogP contribution is 2.27. The second-order valence-corrected chi connectivity index (χ2v) is 5.17. The van der Waals surface area contributed by atoms with Gasteiger partial charge in [0, 0.05) is 12.6 Å². The molecule has 2 heterocycles. The molecule has 0 aliphatic carbocycles. The fourth-order valence-electron chi connectivity index (χ4n) is 2.16. The molecule has 2 unspecified atom stereocenters. The Bertz CT molecular complexity index is 349. The molecule has 0 amide bonds. The van der Waals surface area contributed by atoms with E-state index in [1.54, 1.807) is 0 Å². The maximum absolute atomic E-state index is 4.20. The van der Waals surface area contributed by atoms with E-state index < -0.39 is 0 Å². The van der Waals surface area contributed by atoms with Crippen LogP contribution >= 0.6 is 15.9 Å². The van der Waals surface area contributed by atoms with Crippen LogP contribution in [0.2, 0.25) is 0 Å². The SMILES string of the molecule is Cc1c(Br)nnn1C1CCN(C)C(C)C1. The van der Waals surface area contributed by atoms with Gasteiger partial charge in [-0.15, -0.1) is 5.10 Å². The number of nitrogens with zero attached hydrogens (tertiary/aromatic N) is 4. The molecule has 1 aliphatic heterocycles. The van der Waals surface area contributed by atoms with E-state index in [0.29, 0.717) is 12.1 Å². The summed E-state index contributed by atoms with van der Waals surface area (Å²) >= 11 is 3.40. The Labute approximate surface area is 98.8 Å². The topological polar surface area (TPSA) is 34.0 Å². The van der Waals surface area contributed by atoms with Gasteiger partial charge in [0.1, 0.15) is 0 Å². The molecule has 15 heavy (non-hydrogen) atoms. The molecule has 2 rings (SSSR count). The van der Waals surface area contributed by atoms with Crippen LogP contribution in [0.25, 0.3) is 0 Å². The summed E-state index contributed by atoms with van der Waals surface area (Å²) in [6.07, 6.45) is 2.32. The van der Waals surface area contributed by atoms with E-state index in [-0.39, 0.29) is 0 Å². The molecular formula is C10H17BrN4. The zero-order valence-electron chi connectivity index (χ0n) is 9.44. The number of likely N-dealkylation sites (tertiary alicyclic amines) is 1. The molecule has 0 N–H and O–H groups in total. The fraction of sp³-hybridized carbons (Fsp3) is 0.800. The third-order valence-electron chi connectivity index (χ3n) is 3.40. The van der Waals surface area contributed by atoms with Crippen molar-refractivity contribution in [2.75, 3.05) is 13.6 Å². The molecule has 2 atom stereocenters. The molecule has 0 spiro atoms. The first kappa shape index (κ1) is 11.1. The third-order valence-corrected chi connectivity index (χ3v) is 4.13. The second kappa shape index (κ2) is 4.22. The van der Waals surface area contributed by atoms with Crippen LogP contribution in [0.4, 0.5) is 0 Å². The van der Waals surface area contributed by atoms with Gasteiger partial charge in [0.15, 0.2) is 4.60 Å². The van der Waals surface area contributed by atoms with Crippen LogP contribution in [0.5, 0.6) is 0 Å². The lowest BCUT2D eigenvalue weighted by Gasteiger charge is -2.35. The van der Waals surface area contributed by atoms with Crippen molar-refractivity contribution in [3.63, 3.8) is 0 Å². The Morgan fingerprint density at radius 2 is 2.20 bits per heavy atom. The highest BCUT2D eigenvalue weighted by molar-refractivity contribution is 9.10. The summed E-state index contributed by atoms with van der Waals surface area (Å²) in [6, 6.07) is 1.14. The van der Waals surface area contributed by atoms with E-state index in [0.717, 1.165) is 29.7 Å². The van der Waals surface area contributed by atoms with E-state index >= 15 is 0 Å². The number of hydrogen-bond acceptors (Lipinski definition) is 3. The maximum atomic E-state index is 4.20. The van der Waals surface area contributed by atoms with E-state index in [2.05, 4.69) is 56.7 Å².